The summed E-state index contributed by atoms with van der Waals surface area (Å²) in [4.78, 5) is 8.16. The monoisotopic (exact) mass is 301 g/mol. The van der Waals surface area contributed by atoms with Gasteiger partial charge in [-0.2, -0.15) is 0 Å². The number of halogens is 1. The lowest BCUT2D eigenvalue weighted by Gasteiger charge is -2.27. The number of ether oxygens (including phenoxy) is 1. The van der Waals surface area contributed by atoms with Crippen LogP contribution in [0.4, 0.5) is 0 Å². The van der Waals surface area contributed by atoms with Crippen molar-refractivity contribution < 1.29 is 4.74 Å². The maximum absolute atomic E-state index is 6.12. The molecule has 0 saturated carbocycles. The third-order valence-corrected chi connectivity index (χ3v) is 3.70. The fraction of sp³-hybridized carbons (Fsp3) is 0.250. The van der Waals surface area contributed by atoms with Crippen LogP contribution in [0.25, 0.3) is 12.2 Å². The smallest absolute Gasteiger partial charge is 0.138 e. The van der Waals surface area contributed by atoms with Crippen LogP contribution in [-0.4, -0.2) is 29.2 Å². The summed E-state index contributed by atoms with van der Waals surface area (Å²) in [5.74, 6) is 0.738. The van der Waals surface area contributed by atoms with Crippen molar-refractivity contribution in [3.63, 3.8) is 0 Å². The molecule has 1 N–H and O–H groups in total. The van der Waals surface area contributed by atoms with Gasteiger partial charge in [-0.3, -0.25) is 4.98 Å². The number of nitrogens with one attached hydrogen (secondary N) is 1. The van der Waals surface area contributed by atoms with Crippen LogP contribution in [0.15, 0.2) is 36.8 Å². The Kier molecular flexibility index (Phi) is 4.48. The zero-order chi connectivity index (χ0) is 14.5. The lowest BCUT2D eigenvalue weighted by Crippen LogP contribution is -2.46. The van der Waals surface area contributed by atoms with Gasteiger partial charge in [0.2, 0.25) is 0 Å². The Hall–Kier alpha value is -1.91. The van der Waals surface area contributed by atoms with E-state index in [2.05, 4.69) is 15.3 Å². The van der Waals surface area contributed by atoms with Crippen LogP contribution in [0.1, 0.15) is 17.5 Å². The highest BCUT2D eigenvalue weighted by atomic mass is 35.5. The Morgan fingerprint density at radius 3 is 2.86 bits per heavy atom. The van der Waals surface area contributed by atoms with Gasteiger partial charge >= 0.3 is 0 Å². The van der Waals surface area contributed by atoms with E-state index in [1.807, 2.05) is 30.4 Å². The molecule has 21 heavy (non-hydrogen) atoms. The van der Waals surface area contributed by atoms with E-state index in [0.717, 1.165) is 29.8 Å². The minimum atomic E-state index is 0.455. The number of hydrogen-bond donors (Lipinski definition) is 1. The van der Waals surface area contributed by atoms with Gasteiger partial charge in [0.05, 0.1) is 6.20 Å². The maximum atomic E-state index is 6.12. The van der Waals surface area contributed by atoms with E-state index in [4.69, 9.17) is 16.3 Å². The van der Waals surface area contributed by atoms with Crippen molar-refractivity contribution in [3.8, 4) is 5.75 Å². The molecule has 1 saturated heterocycles. The molecule has 1 aliphatic heterocycles. The van der Waals surface area contributed by atoms with Crippen molar-refractivity contribution in [3.05, 3.63) is 53.1 Å². The van der Waals surface area contributed by atoms with Crippen molar-refractivity contribution in [2.75, 3.05) is 13.2 Å². The molecular weight excluding hydrogens is 286 g/mol. The molecule has 0 bridgehead atoms. The minimum Gasteiger partial charge on any atom is -0.490 e. The topological polar surface area (TPSA) is 47.0 Å². The van der Waals surface area contributed by atoms with Crippen molar-refractivity contribution in [1.29, 1.82) is 0 Å². The first-order valence-corrected chi connectivity index (χ1v) is 7.29. The van der Waals surface area contributed by atoms with Gasteiger partial charge in [-0.15, -0.1) is 0 Å². The van der Waals surface area contributed by atoms with Gasteiger partial charge in [0.1, 0.15) is 17.5 Å². The van der Waals surface area contributed by atoms with Crippen LogP contribution < -0.4 is 10.1 Å². The summed E-state index contributed by atoms with van der Waals surface area (Å²) in [6, 6.07) is 6.23. The van der Waals surface area contributed by atoms with E-state index in [0.29, 0.717) is 17.8 Å². The van der Waals surface area contributed by atoms with Gasteiger partial charge in [0, 0.05) is 24.0 Å². The molecule has 3 rings (SSSR count). The molecule has 1 aliphatic rings. The molecule has 1 unspecified atom stereocenters. The molecule has 1 fully saturated rings. The second-order valence-corrected chi connectivity index (χ2v) is 5.27. The highest BCUT2D eigenvalue weighted by molar-refractivity contribution is 6.31. The van der Waals surface area contributed by atoms with Crippen molar-refractivity contribution in [2.24, 2.45) is 0 Å². The van der Waals surface area contributed by atoms with E-state index in [-0.39, 0.29) is 0 Å². The first kappa shape index (κ1) is 14.0. The van der Waals surface area contributed by atoms with Crippen molar-refractivity contribution >= 4 is 23.8 Å². The van der Waals surface area contributed by atoms with Crippen LogP contribution in [0.5, 0.6) is 5.75 Å². The molecule has 1 atom stereocenters. The normalized spacial score (nSPS) is 17.7. The van der Waals surface area contributed by atoms with Crippen LogP contribution in [0, 0.1) is 0 Å². The second-order valence-electron chi connectivity index (χ2n) is 4.92. The third kappa shape index (κ3) is 3.80. The van der Waals surface area contributed by atoms with E-state index in [9.17, 15) is 0 Å². The van der Waals surface area contributed by atoms with Gasteiger partial charge in [-0.25, -0.2) is 4.98 Å². The van der Waals surface area contributed by atoms with Gasteiger partial charge in [-0.05, 0) is 36.7 Å². The lowest BCUT2D eigenvalue weighted by molar-refractivity contribution is 0.217. The molecule has 2 aromatic rings. The molecule has 4 nitrogen and oxygen atoms in total. The van der Waals surface area contributed by atoms with Crippen LogP contribution in [-0.2, 0) is 0 Å². The summed E-state index contributed by atoms with van der Waals surface area (Å²) in [6.45, 7) is 1.74. The summed E-state index contributed by atoms with van der Waals surface area (Å²) >= 11 is 6.12. The van der Waals surface area contributed by atoms with E-state index >= 15 is 0 Å². The largest absolute Gasteiger partial charge is 0.490 e. The second kappa shape index (κ2) is 6.70. The summed E-state index contributed by atoms with van der Waals surface area (Å²) in [7, 11) is 0. The Morgan fingerprint density at radius 1 is 1.33 bits per heavy atom. The predicted molar refractivity (Wildman–Crippen MR) is 84.3 cm³/mol. The average Bonchev–Trinajstić information content (AvgIpc) is 2.47. The first-order valence-electron chi connectivity index (χ1n) is 6.91. The first-order chi connectivity index (χ1) is 10.3. The molecule has 5 heteroatoms. The standard InChI is InChI=1S/C16H16ClN3O/c17-16-13(2-1-12-3-6-18-7-4-12)9-15(10-20-16)21-11-14-5-8-19-14/h1-4,6-7,9-10,14,19H,5,8,11H2. The van der Waals surface area contributed by atoms with Gasteiger partial charge in [0.15, 0.2) is 0 Å². The third-order valence-electron chi connectivity index (χ3n) is 3.38. The van der Waals surface area contributed by atoms with Gasteiger partial charge in [0.25, 0.3) is 0 Å². The van der Waals surface area contributed by atoms with Crippen LogP contribution in [0.2, 0.25) is 5.15 Å². The predicted octanol–water partition coefficient (Wildman–Crippen LogP) is 3.04. The maximum Gasteiger partial charge on any atom is 0.138 e. The highest BCUT2D eigenvalue weighted by Crippen LogP contribution is 2.22. The summed E-state index contributed by atoms with van der Waals surface area (Å²) in [5, 5.41) is 3.76. The van der Waals surface area contributed by atoms with E-state index in [1.54, 1.807) is 18.6 Å². The summed E-state index contributed by atoms with van der Waals surface area (Å²) < 4.78 is 5.73. The quantitative estimate of drug-likeness (QED) is 0.862. The van der Waals surface area contributed by atoms with Crippen LogP contribution in [0.3, 0.4) is 0 Å². The Labute approximate surface area is 128 Å². The van der Waals surface area contributed by atoms with Crippen LogP contribution >= 0.6 is 11.6 Å². The molecule has 0 radical (unpaired) electrons. The zero-order valence-electron chi connectivity index (χ0n) is 11.5. The summed E-state index contributed by atoms with van der Waals surface area (Å²) in [6.07, 6.45) is 10.2. The molecule has 0 aromatic carbocycles. The van der Waals surface area contributed by atoms with E-state index in [1.165, 1.54) is 0 Å². The highest BCUT2D eigenvalue weighted by Gasteiger charge is 2.16. The molecular formula is C16H16ClN3O. The number of nitrogens with zero attached hydrogens (tertiary/aromatic N) is 2. The average molecular weight is 302 g/mol. The molecule has 0 aliphatic carbocycles. The number of aromatic nitrogens is 2. The summed E-state index contributed by atoms with van der Waals surface area (Å²) in [5.41, 5.74) is 1.90. The molecule has 3 heterocycles. The van der Waals surface area contributed by atoms with Gasteiger partial charge in [-0.1, -0.05) is 23.8 Å². The number of hydrogen-bond acceptors (Lipinski definition) is 4. The fourth-order valence-corrected chi connectivity index (χ4v) is 2.16. The molecule has 0 amide bonds. The zero-order valence-corrected chi connectivity index (χ0v) is 12.3. The minimum absolute atomic E-state index is 0.455. The Balaban J connectivity index is 1.70. The Bertz CT molecular complexity index is 627. The molecule has 108 valence electrons. The Morgan fingerprint density at radius 2 is 2.14 bits per heavy atom. The van der Waals surface area contributed by atoms with Crippen molar-refractivity contribution in [1.82, 2.24) is 15.3 Å². The van der Waals surface area contributed by atoms with Gasteiger partial charge < -0.3 is 10.1 Å². The number of rotatable bonds is 5. The SMILES string of the molecule is Clc1ncc(OCC2CCN2)cc1C=Cc1ccncc1. The molecule has 0 spiro atoms. The fourth-order valence-electron chi connectivity index (χ4n) is 1.99. The van der Waals surface area contributed by atoms with Crippen molar-refractivity contribution in [2.45, 2.75) is 12.5 Å². The van der Waals surface area contributed by atoms with E-state index < -0.39 is 0 Å². The number of pyridine rings is 2. The lowest BCUT2D eigenvalue weighted by atomic mass is 10.1. The molecule has 2 aromatic heterocycles.